The highest BCUT2D eigenvalue weighted by molar-refractivity contribution is 5.74. The normalized spacial score (nSPS) is 14.9. The van der Waals surface area contributed by atoms with E-state index in [-0.39, 0.29) is 23.8 Å². The highest BCUT2D eigenvalue weighted by Gasteiger charge is 2.32. The van der Waals surface area contributed by atoms with E-state index in [2.05, 4.69) is 6.07 Å². The van der Waals surface area contributed by atoms with Crippen molar-refractivity contribution in [2.45, 2.75) is 19.8 Å². The molecule has 0 bridgehead atoms. The summed E-state index contributed by atoms with van der Waals surface area (Å²) >= 11 is 0. The zero-order valence-electron chi connectivity index (χ0n) is 17.0. The Balaban J connectivity index is 1.51. The Labute approximate surface area is 179 Å². The number of carbonyl (C=O) groups is 1. The quantitative estimate of drug-likeness (QED) is 0.493. The van der Waals surface area contributed by atoms with Crippen molar-refractivity contribution in [3.8, 4) is 23.3 Å². The number of carbonyl (C=O) groups excluding carboxylic acids is 1. The van der Waals surface area contributed by atoms with Gasteiger partial charge >= 0.3 is 5.97 Å². The number of fused-ring (bicyclic) bond motifs is 1. The third kappa shape index (κ3) is 4.23. The van der Waals surface area contributed by atoms with Crippen LogP contribution in [0.1, 0.15) is 28.4 Å². The van der Waals surface area contributed by atoms with Crippen LogP contribution in [0.4, 0.5) is 0 Å². The summed E-state index contributed by atoms with van der Waals surface area (Å²) < 4.78 is 22.0. The minimum Gasteiger partial charge on any atom is -0.482 e. The summed E-state index contributed by atoms with van der Waals surface area (Å²) in [5.74, 6) is 0.762. The standard InChI is InChI=1S/C24H20N2O5/c1-14-8-15(2)10-17(9-14)29-13-22(27)30-16-5-6-18-21(11-16)31-24(26)19(12-25)23(18)20-4-3-7-28-20/h3-11,23H,13,26H2,1-2H3. The van der Waals surface area contributed by atoms with E-state index < -0.39 is 11.9 Å². The van der Waals surface area contributed by atoms with Crippen LogP contribution in [-0.4, -0.2) is 12.6 Å². The van der Waals surface area contributed by atoms with E-state index in [0.717, 1.165) is 11.1 Å². The summed E-state index contributed by atoms with van der Waals surface area (Å²) in [6, 6.07) is 16.2. The van der Waals surface area contributed by atoms with Crippen molar-refractivity contribution >= 4 is 5.97 Å². The zero-order valence-corrected chi connectivity index (χ0v) is 17.0. The number of furan rings is 1. The molecule has 2 N–H and O–H groups in total. The Morgan fingerprint density at radius 2 is 1.90 bits per heavy atom. The lowest BCUT2D eigenvalue weighted by Gasteiger charge is -2.25. The number of nitrogens with two attached hydrogens (primary N) is 1. The van der Waals surface area contributed by atoms with E-state index in [1.54, 1.807) is 30.3 Å². The molecule has 1 unspecified atom stereocenters. The molecule has 2 aromatic carbocycles. The van der Waals surface area contributed by atoms with Crippen LogP contribution in [0, 0.1) is 25.2 Å². The second kappa shape index (κ2) is 8.28. The van der Waals surface area contributed by atoms with Crippen molar-refractivity contribution < 1.29 is 23.4 Å². The van der Waals surface area contributed by atoms with E-state index in [1.165, 1.54) is 6.26 Å². The zero-order chi connectivity index (χ0) is 22.0. The third-order valence-corrected chi connectivity index (χ3v) is 4.80. The number of nitrogens with zero attached hydrogens (tertiary/aromatic N) is 1. The van der Waals surface area contributed by atoms with E-state index >= 15 is 0 Å². The van der Waals surface area contributed by atoms with Gasteiger partial charge in [-0.1, -0.05) is 12.1 Å². The topological polar surface area (TPSA) is 108 Å². The molecule has 0 spiro atoms. The number of hydrogen-bond acceptors (Lipinski definition) is 7. The lowest BCUT2D eigenvalue weighted by Crippen LogP contribution is -2.21. The molecular formula is C24H20N2O5. The van der Waals surface area contributed by atoms with Gasteiger partial charge in [-0.2, -0.15) is 5.26 Å². The van der Waals surface area contributed by atoms with E-state index in [1.807, 2.05) is 32.0 Å². The molecule has 0 radical (unpaired) electrons. The molecule has 7 nitrogen and oxygen atoms in total. The molecule has 3 aromatic rings. The first-order chi connectivity index (χ1) is 14.9. The number of ether oxygens (including phenoxy) is 3. The van der Waals surface area contributed by atoms with Crippen molar-refractivity contribution in [1.29, 1.82) is 5.26 Å². The van der Waals surface area contributed by atoms with Crippen LogP contribution in [-0.2, 0) is 4.79 Å². The predicted octanol–water partition coefficient (Wildman–Crippen LogP) is 4.10. The highest BCUT2D eigenvalue weighted by atomic mass is 16.6. The van der Waals surface area contributed by atoms with Crippen molar-refractivity contribution in [2.75, 3.05) is 6.61 Å². The number of aryl methyl sites for hydroxylation is 2. The van der Waals surface area contributed by atoms with Crippen LogP contribution < -0.4 is 19.9 Å². The van der Waals surface area contributed by atoms with Crippen LogP contribution in [0.5, 0.6) is 17.2 Å². The minimum atomic E-state index is -0.557. The molecule has 0 aliphatic carbocycles. The summed E-state index contributed by atoms with van der Waals surface area (Å²) in [5.41, 5.74) is 8.99. The maximum absolute atomic E-state index is 12.3. The number of benzene rings is 2. The van der Waals surface area contributed by atoms with Gasteiger partial charge in [0.25, 0.3) is 0 Å². The number of allylic oxidation sites excluding steroid dienone is 1. The second-order valence-corrected chi connectivity index (χ2v) is 7.23. The van der Waals surface area contributed by atoms with Gasteiger partial charge in [0.05, 0.1) is 12.2 Å². The van der Waals surface area contributed by atoms with Gasteiger partial charge in [-0.15, -0.1) is 0 Å². The SMILES string of the molecule is Cc1cc(C)cc(OCC(=O)Oc2ccc3c(c2)OC(N)=C(C#N)C3c2ccco2)c1. The van der Waals surface area contributed by atoms with Crippen molar-refractivity contribution in [1.82, 2.24) is 0 Å². The maximum atomic E-state index is 12.3. The molecule has 1 aliphatic rings. The van der Waals surface area contributed by atoms with Crippen molar-refractivity contribution in [3.05, 3.63) is 88.7 Å². The molecule has 0 saturated heterocycles. The average Bonchev–Trinajstić information content (AvgIpc) is 3.25. The Hall–Kier alpha value is -4.18. The highest BCUT2D eigenvalue weighted by Crippen LogP contribution is 2.43. The molecule has 0 amide bonds. The lowest BCUT2D eigenvalue weighted by molar-refractivity contribution is -0.136. The molecule has 7 heteroatoms. The first-order valence-corrected chi connectivity index (χ1v) is 9.61. The van der Waals surface area contributed by atoms with Gasteiger partial charge < -0.3 is 24.4 Å². The largest absolute Gasteiger partial charge is 0.482 e. The average molecular weight is 416 g/mol. The van der Waals surface area contributed by atoms with E-state index in [0.29, 0.717) is 22.8 Å². The van der Waals surface area contributed by atoms with E-state index in [9.17, 15) is 10.1 Å². The molecular weight excluding hydrogens is 396 g/mol. The smallest absolute Gasteiger partial charge is 0.349 e. The minimum absolute atomic E-state index is 0.0157. The third-order valence-electron chi connectivity index (χ3n) is 4.80. The Bertz CT molecular complexity index is 1180. The first kappa shape index (κ1) is 20.1. The molecule has 1 atom stereocenters. The fraction of sp³-hybridized carbons (Fsp3) is 0.167. The number of hydrogen-bond donors (Lipinski definition) is 1. The Morgan fingerprint density at radius 3 is 2.58 bits per heavy atom. The summed E-state index contributed by atoms with van der Waals surface area (Å²) in [5, 5.41) is 9.52. The monoisotopic (exact) mass is 416 g/mol. The molecule has 2 heterocycles. The van der Waals surface area contributed by atoms with Gasteiger partial charge in [-0.25, -0.2) is 4.79 Å². The lowest BCUT2D eigenvalue weighted by atomic mass is 9.87. The molecule has 0 saturated carbocycles. The summed E-state index contributed by atoms with van der Waals surface area (Å²) in [6.45, 7) is 3.68. The van der Waals surface area contributed by atoms with Gasteiger partial charge in [-0.05, 0) is 55.3 Å². The van der Waals surface area contributed by atoms with Gasteiger partial charge in [0.15, 0.2) is 6.61 Å². The molecule has 1 aliphatic heterocycles. The van der Waals surface area contributed by atoms with Gasteiger partial charge in [0.1, 0.15) is 34.7 Å². The van der Waals surface area contributed by atoms with Gasteiger partial charge in [0, 0.05) is 11.6 Å². The van der Waals surface area contributed by atoms with Gasteiger partial charge in [0.2, 0.25) is 5.88 Å². The summed E-state index contributed by atoms with van der Waals surface area (Å²) in [7, 11) is 0. The molecule has 156 valence electrons. The predicted molar refractivity (Wildman–Crippen MR) is 111 cm³/mol. The Morgan fingerprint density at radius 1 is 1.13 bits per heavy atom. The summed E-state index contributed by atoms with van der Waals surface area (Å²) in [6.07, 6.45) is 1.53. The van der Waals surface area contributed by atoms with Crippen molar-refractivity contribution in [2.24, 2.45) is 5.73 Å². The van der Waals surface area contributed by atoms with Gasteiger partial charge in [-0.3, -0.25) is 0 Å². The van der Waals surface area contributed by atoms with Crippen LogP contribution in [0.25, 0.3) is 0 Å². The fourth-order valence-corrected chi connectivity index (χ4v) is 3.57. The second-order valence-electron chi connectivity index (χ2n) is 7.23. The molecule has 31 heavy (non-hydrogen) atoms. The maximum Gasteiger partial charge on any atom is 0.349 e. The molecule has 4 rings (SSSR count). The first-order valence-electron chi connectivity index (χ1n) is 9.61. The summed E-state index contributed by atoms with van der Waals surface area (Å²) in [4.78, 5) is 12.3. The molecule has 1 aromatic heterocycles. The fourth-order valence-electron chi connectivity index (χ4n) is 3.57. The van der Waals surface area contributed by atoms with Crippen LogP contribution in [0.3, 0.4) is 0 Å². The number of rotatable bonds is 5. The van der Waals surface area contributed by atoms with Crippen LogP contribution in [0.15, 0.2) is 70.7 Å². The van der Waals surface area contributed by atoms with Crippen molar-refractivity contribution in [3.63, 3.8) is 0 Å². The van der Waals surface area contributed by atoms with E-state index in [4.69, 9.17) is 24.4 Å². The number of esters is 1. The molecule has 0 fully saturated rings. The van der Waals surface area contributed by atoms with Crippen LogP contribution >= 0.6 is 0 Å². The van der Waals surface area contributed by atoms with Crippen LogP contribution in [0.2, 0.25) is 0 Å². The Kier molecular flexibility index (Phi) is 5.37. The number of nitriles is 1.